The first-order valence-corrected chi connectivity index (χ1v) is 9.16. The van der Waals surface area contributed by atoms with Gasteiger partial charge in [-0.1, -0.05) is 64.0 Å². The molecule has 0 aliphatic carbocycles. The van der Waals surface area contributed by atoms with E-state index in [1.54, 1.807) is 0 Å². The number of allylic oxidation sites excluding steroid dienone is 1. The van der Waals surface area contributed by atoms with Gasteiger partial charge in [-0.2, -0.15) is 0 Å². The summed E-state index contributed by atoms with van der Waals surface area (Å²) in [5.74, 6) is -0.0452. The lowest BCUT2D eigenvalue weighted by Crippen LogP contribution is -2.04. The number of hydrogen-bond donors (Lipinski definition) is 2. The second kappa shape index (κ2) is 16.7. The minimum atomic E-state index is -0.310. The molecule has 0 aliphatic heterocycles. The highest BCUT2D eigenvalue weighted by Gasteiger charge is 2.01. The summed E-state index contributed by atoms with van der Waals surface area (Å²) >= 11 is 0. The van der Waals surface area contributed by atoms with Crippen LogP contribution in [0.25, 0.3) is 0 Å². The second-order valence-electron chi connectivity index (χ2n) is 6.21. The molecule has 3 nitrogen and oxygen atoms in total. The molecule has 0 aromatic rings. The van der Waals surface area contributed by atoms with E-state index in [1.165, 1.54) is 32.1 Å². The molecule has 0 radical (unpaired) electrons. The Hall–Kier alpha value is -0.670. The average molecular weight is 312 g/mol. The minimum absolute atomic E-state index is 0.0452. The molecular weight excluding hydrogens is 276 g/mol. The molecule has 0 fully saturated rings. The van der Waals surface area contributed by atoms with E-state index in [0.717, 1.165) is 44.9 Å². The molecule has 0 saturated carbocycles. The van der Waals surface area contributed by atoms with Gasteiger partial charge in [0.1, 0.15) is 6.61 Å². The Labute approximate surface area is 136 Å². The van der Waals surface area contributed by atoms with E-state index in [9.17, 15) is 9.90 Å². The molecule has 1 unspecified atom stereocenters. The zero-order valence-corrected chi connectivity index (χ0v) is 14.4. The van der Waals surface area contributed by atoms with Crippen molar-refractivity contribution >= 4 is 5.78 Å². The number of carbonyl (C=O) groups is 1. The second-order valence-corrected chi connectivity index (χ2v) is 6.21. The summed E-state index contributed by atoms with van der Waals surface area (Å²) in [5, 5.41) is 18.4. The summed E-state index contributed by atoms with van der Waals surface area (Å²) in [6.45, 7) is 1.89. The van der Waals surface area contributed by atoms with Crippen molar-refractivity contribution in [1.29, 1.82) is 0 Å². The molecule has 130 valence electrons. The van der Waals surface area contributed by atoms with Crippen LogP contribution in [0.5, 0.6) is 0 Å². The molecule has 3 heteroatoms. The summed E-state index contributed by atoms with van der Waals surface area (Å²) in [6.07, 6.45) is 17.9. The van der Waals surface area contributed by atoms with Gasteiger partial charge in [-0.3, -0.25) is 4.79 Å². The van der Waals surface area contributed by atoms with E-state index < -0.39 is 0 Å². The van der Waals surface area contributed by atoms with Crippen LogP contribution in [0.3, 0.4) is 0 Å². The Bertz CT molecular complexity index is 274. The van der Waals surface area contributed by atoms with Crippen molar-refractivity contribution in [2.75, 3.05) is 6.61 Å². The molecule has 0 spiro atoms. The molecule has 0 saturated heterocycles. The van der Waals surface area contributed by atoms with Crippen LogP contribution >= 0.6 is 0 Å². The van der Waals surface area contributed by atoms with Gasteiger partial charge in [0.15, 0.2) is 5.78 Å². The fraction of sp³-hybridized carbons (Fsp3) is 0.842. The largest absolute Gasteiger partial charge is 0.393 e. The molecule has 22 heavy (non-hydrogen) atoms. The van der Waals surface area contributed by atoms with Crippen LogP contribution in [-0.2, 0) is 4.79 Å². The van der Waals surface area contributed by atoms with E-state index in [1.807, 2.05) is 0 Å². The van der Waals surface area contributed by atoms with Gasteiger partial charge in [0.25, 0.3) is 0 Å². The van der Waals surface area contributed by atoms with E-state index in [2.05, 4.69) is 19.1 Å². The predicted octanol–water partition coefficient (Wildman–Crippen LogP) is 4.56. The quantitative estimate of drug-likeness (QED) is 0.324. The number of rotatable bonds is 16. The summed E-state index contributed by atoms with van der Waals surface area (Å²) < 4.78 is 0. The third-order valence-electron chi connectivity index (χ3n) is 3.97. The first-order chi connectivity index (χ1) is 10.7. The van der Waals surface area contributed by atoms with E-state index >= 15 is 0 Å². The Morgan fingerprint density at radius 3 is 2.36 bits per heavy atom. The molecule has 1 atom stereocenters. The maximum atomic E-state index is 10.9. The van der Waals surface area contributed by atoms with Crippen molar-refractivity contribution in [3.63, 3.8) is 0 Å². The number of aliphatic hydroxyl groups excluding tert-OH is 2. The standard InChI is InChI=1S/C19H36O3/c1-2-3-4-11-14-18(21)15-12-9-7-5-6-8-10-13-16-19(22)17-20/h9,12,18,20-21H,2-8,10-11,13-17H2,1H3/b12-9-. The predicted molar refractivity (Wildman–Crippen MR) is 92.9 cm³/mol. The van der Waals surface area contributed by atoms with Gasteiger partial charge >= 0.3 is 0 Å². The van der Waals surface area contributed by atoms with E-state index in [-0.39, 0.29) is 18.5 Å². The van der Waals surface area contributed by atoms with Gasteiger partial charge in [-0.15, -0.1) is 0 Å². The van der Waals surface area contributed by atoms with Crippen LogP contribution in [0, 0.1) is 0 Å². The molecule has 0 heterocycles. The fourth-order valence-corrected chi connectivity index (χ4v) is 2.49. The number of carbonyl (C=O) groups excluding carboxylic acids is 1. The van der Waals surface area contributed by atoms with Crippen LogP contribution in [0.2, 0.25) is 0 Å². The van der Waals surface area contributed by atoms with Crippen LogP contribution in [0.15, 0.2) is 12.2 Å². The van der Waals surface area contributed by atoms with E-state index in [4.69, 9.17) is 5.11 Å². The Morgan fingerprint density at radius 1 is 0.955 bits per heavy atom. The highest BCUT2D eigenvalue weighted by atomic mass is 16.3. The Kier molecular flexibility index (Phi) is 16.2. The van der Waals surface area contributed by atoms with Crippen molar-refractivity contribution in [3.8, 4) is 0 Å². The minimum Gasteiger partial charge on any atom is -0.393 e. The number of unbranched alkanes of at least 4 members (excludes halogenated alkanes) is 8. The van der Waals surface area contributed by atoms with Gasteiger partial charge < -0.3 is 10.2 Å². The number of hydrogen-bond acceptors (Lipinski definition) is 3. The van der Waals surface area contributed by atoms with Crippen LogP contribution in [0.1, 0.15) is 90.4 Å². The maximum absolute atomic E-state index is 10.9. The summed E-state index contributed by atoms with van der Waals surface area (Å²) in [4.78, 5) is 10.9. The third kappa shape index (κ3) is 15.7. The van der Waals surface area contributed by atoms with Gasteiger partial charge in [-0.25, -0.2) is 0 Å². The summed E-state index contributed by atoms with van der Waals surface area (Å²) in [7, 11) is 0. The molecule has 0 aliphatic rings. The van der Waals surface area contributed by atoms with Crippen molar-refractivity contribution in [2.24, 2.45) is 0 Å². The molecule has 2 N–H and O–H groups in total. The van der Waals surface area contributed by atoms with E-state index in [0.29, 0.717) is 6.42 Å². The summed E-state index contributed by atoms with van der Waals surface area (Å²) in [6, 6.07) is 0. The third-order valence-corrected chi connectivity index (χ3v) is 3.97. The lowest BCUT2D eigenvalue weighted by Gasteiger charge is -2.07. The van der Waals surface area contributed by atoms with Crippen molar-refractivity contribution < 1.29 is 15.0 Å². The summed E-state index contributed by atoms with van der Waals surface area (Å²) in [5.41, 5.74) is 0. The van der Waals surface area contributed by atoms with Crippen LogP contribution < -0.4 is 0 Å². The van der Waals surface area contributed by atoms with Crippen LogP contribution in [-0.4, -0.2) is 28.7 Å². The molecule has 0 amide bonds. The Balaban J connectivity index is 3.28. The SMILES string of the molecule is CCCCCCC(O)C/C=C\CCCCCCCC(=O)CO. The van der Waals surface area contributed by atoms with Crippen molar-refractivity contribution in [1.82, 2.24) is 0 Å². The lowest BCUT2D eigenvalue weighted by molar-refractivity contribution is -0.121. The fourth-order valence-electron chi connectivity index (χ4n) is 2.49. The molecular formula is C19H36O3. The first kappa shape index (κ1) is 21.3. The van der Waals surface area contributed by atoms with Gasteiger partial charge in [0, 0.05) is 6.42 Å². The van der Waals surface area contributed by atoms with Gasteiger partial charge in [0.05, 0.1) is 6.10 Å². The highest BCUT2D eigenvalue weighted by molar-refractivity contribution is 5.79. The number of Topliss-reactive ketones (excluding diaryl/α,β-unsaturated/α-hetero) is 1. The zero-order valence-electron chi connectivity index (χ0n) is 14.4. The van der Waals surface area contributed by atoms with Crippen LogP contribution in [0.4, 0.5) is 0 Å². The smallest absolute Gasteiger partial charge is 0.158 e. The number of ketones is 1. The molecule has 0 aromatic carbocycles. The zero-order chi connectivity index (χ0) is 16.5. The average Bonchev–Trinajstić information content (AvgIpc) is 2.53. The maximum Gasteiger partial charge on any atom is 0.158 e. The van der Waals surface area contributed by atoms with Crippen molar-refractivity contribution in [3.05, 3.63) is 12.2 Å². The van der Waals surface area contributed by atoms with Crippen molar-refractivity contribution in [2.45, 2.75) is 96.5 Å². The topological polar surface area (TPSA) is 57.5 Å². The molecule has 0 rings (SSSR count). The molecule has 0 aromatic heterocycles. The monoisotopic (exact) mass is 312 g/mol. The van der Waals surface area contributed by atoms with Gasteiger partial charge in [0.2, 0.25) is 0 Å². The normalized spacial score (nSPS) is 12.9. The first-order valence-electron chi connectivity index (χ1n) is 9.16. The highest BCUT2D eigenvalue weighted by Crippen LogP contribution is 2.10. The Morgan fingerprint density at radius 2 is 1.64 bits per heavy atom. The van der Waals surface area contributed by atoms with Gasteiger partial charge in [-0.05, 0) is 32.1 Å². The molecule has 0 bridgehead atoms. The lowest BCUT2D eigenvalue weighted by atomic mass is 10.1. The number of aliphatic hydroxyl groups is 2.